The molecule has 1 aliphatic heterocycles. The standard InChI is InChI=1S/C7H13N3O6/c8-10-9-2-7(15)4(13)6(14)16-5(7)3(12)1-11/h3-6,11-15H,1-2H2/t3-,4+,5-,6?,7+/m1/s1. The Labute approximate surface area is 90.1 Å². The van der Waals surface area contributed by atoms with Crippen LogP contribution in [-0.4, -0.2) is 68.9 Å². The Balaban J connectivity index is 2.93. The molecule has 1 aliphatic rings. The van der Waals surface area contributed by atoms with Crippen LogP contribution in [0.3, 0.4) is 0 Å². The number of aliphatic hydroxyl groups is 5. The Morgan fingerprint density at radius 1 is 1.50 bits per heavy atom. The van der Waals surface area contributed by atoms with Gasteiger partial charge in [0.05, 0.1) is 13.2 Å². The van der Waals surface area contributed by atoms with Gasteiger partial charge in [0.25, 0.3) is 0 Å². The predicted octanol–water partition coefficient (Wildman–Crippen LogP) is -2.54. The first kappa shape index (κ1) is 13.1. The van der Waals surface area contributed by atoms with E-state index in [1.54, 1.807) is 0 Å². The lowest BCUT2D eigenvalue weighted by Gasteiger charge is -2.31. The molecule has 5 N–H and O–H groups in total. The highest BCUT2D eigenvalue weighted by Crippen LogP contribution is 2.32. The van der Waals surface area contributed by atoms with Gasteiger partial charge >= 0.3 is 0 Å². The fourth-order valence-corrected chi connectivity index (χ4v) is 1.61. The van der Waals surface area contributed by atoms with Crippen molar-refractivity contribution in [2.24, 2.45) is 5.11 Å². The molecule has 0 aromatic heterocycles. The minimum Gasteiger partial charge on any atom is -0.394 e. The zero-order valence-electron chi connectivity index (χ0n) is 8.21. The van der Waals surface area contributed by atoms with Crippen molar-refractivity contribution in [3.05, 3.63) is 10.4 Å². The van der Waals surface area contributed by atoms with Crippen LogP contribution < -0.4 is 0 Å². The maximum absolute atomic E-state index is 9.95. The molecule has 0 saturated carbocycles. The van der Waals surface area contributed by atoms with Crippen molar-refractivity contribution < 1.29 is 30.3 Å². The normalized spacial score (nSPS) is 40.4. The summed E-state index contributed by atoms with van der Waals surface area (Å²) in [5.41, 5.74) is 5.99. The lowest BCUT2D eigenvalue weighted by molar-refractivity contribution is -0.153. The van der Waals surface area contributed by atoms with Gasteiger partial charge < -0.3 is 30.3 Å². The average Bonchev–Trinajstić information content (AvgIpc) is 2.51. The summed E-state index contributed by atoms with van der Waals surface area (Å²) in [6.07, 6.45) is -6.40. The molecule has 1 heterocycles. The molecule has 0 aliphatic carbocycles. The van der Waals surface area contributed by atoms with E-state index in [1.165, 1.54) is 0 Å². The van der Waals surface area contributed by atoms with E-state index in [0.717, 1.165) is 0 Å². The highest BCUT2D eigenvalue weighted by molar-refractivity contribution is 5.04. The van der Waals surface area contributed by atoms with E-state index in [0.29, 0.717) is 0 Å². The third kappa shape index (κ3) is 2.11. The molecular formula is C7H13N3O6. The molecule has 5 atom stereocenters. The monoisotopic (exact) mass is 235 g/mol. The van der Waals surface area contributed by atoms with E-state index in [4.69, 9.17) is 15.4 Å². The lowest BCUT2D eigenvalue weighted by Crippen LogP contribution is -2.55. The SMILES string of the molecule is [N-]=[N+]=NC[C@@]1(O)[C@@H]([C@H](O)CO)OC(O)[C@@H]1O. The molecule has 92 valence electrons. The highest BCUT2D eigenvalue weighted by Gasteiger charge is 2.56. The van der Waals surface area contributed by atoms with Crippen LogP contribution in [-0.2, 0) is 4.74 Å². The topological polar surface area (TPSA) is 159 Å². The minimum atomic E-state index is -2.13. The van der Waals surface area contributed by atoms with Gasteiger partial charge in [-0.15, -0.1) is 0 Å². The van der Waals surface area contributed by atoms with Gasteiger partial charge in [-0.25, -0.2) is 0 Å². The Kier molecular flexibility index (Phi) is 4.05. The van der Waals surface area contributed by atoms with Gasteiger partial charge in [0, 0.05) is 4.91 Å². The number of hydrogen-bond acceptors (Lipinski definition) is 7. The lowest BCUT2D eigenvalue weighted by atomic mass is 9.89. The largest absolute Gasteiger partial charge is 0.394 e. The summed E-state index contributed by atoms with van der Waals surface area (Å²) in [5.74, 6) is 0. The van der Waals surface area contributed by atoms with Gasteiger partial charge in [-0.2, -0.15) is 0 Å². The molecule has 1 unspecified atom stereocenters. The van der Waals surface area contributed by atoms with Crippen LogP contribution in [0.1, 0.15) is 0 Å². The summed E-state index contributed by atoms with van der Waals surface area (Å²) < 4.78 is 4.70. The first-order valence-corrected chi connectivity index (χ1v) is 4.51. The van der Waals surface area contributed by atoms with Gasteiger partial charge in [0.1, 0.15) is 23.9 Å². The number of azide groups is 1. The third-order valence-electron chi connectivity index (χ3n) is 2.48. The quantitative estimate of drug-likeness (QED) is 0.205. The van der Waals surface area contributed by atoms with Crippen LogP contribution in [0.5, 0.6) is 0 Å². The summed E-state index contributed by atoms with van der Waals surface area (Å²) in [7, 11) is 0. The van der Waals surface area contributed by atoms with E-state index in [-0.39, 0.29) is 0 Å². The van der Waals surface area contributed by atoms with Crippen molar-refractivity contribution in [1.29, 1.82) is 0 Å². The van der Waals surface area contributed by atoms with Crippen LogP contribution >= 0.6 is 0 Å². The van der Waals surface area contributed by atoms with Crippen LogP contribution in [0.15, 0.2) is 5.11 Å². The van der Waals surface area contributed by atoms with E-state index < -0.39 is 43.4 Å². The predicted molar refractivity (Wildman–Crippen MR) is 48.9 cm³/mol. The summed E-state index contributed by atoms with van der Waals surface area (Å²) >= 11 is 0. The number of rotatable bonds is 4. The zero-order valence-corrected chi connectivity index (χ0v) is 8.21. The molecule has 0 amide bonds. The van der Waals surface area contributed by atoms with Gasteiger partial charge in [-0.1, -0.05) is 5.11 Å². The Hall–Kier alpha value is -0.930. The number of aliphatic hydroxyl groups excluding tert-OH is 4. The molecule has 0 aromatic rings. The Bertz CT molecular complexity index is 296. The van der Waals surface area contributed by atoms with Gasteiger partial charge in [0.15, 0.2) is 6.29 Å². The molecule has 9 heteroatoms. The number of ether oxygens (including phenoxy) is 1. The van der Waals surface area contributed by atoms with E-state index in [1.807, 2.05) is 0 Å². The molecule has 9 nitrogen and oxygen atoms in total. The Morgan fingerprint density at radius 3 is 2.62 bits per heavy atom. The Morgan fingerprint density at radius 2 is 2.12 bits per heavy atom. The fraction of sp³-hybridized carbons (Fsp3) is 1.00. The van der Waals surface area contributed by atoms with Crippen LogP contribution in [0.25, 0.3) is 10.4 Å². The number of hydrogen-bond donors (Lipinski definition) is 5. The number of nitrogens with zero attached hydrogens (tertiary/aromatic N) is 3. The van der Waals surface area contributed by atoms with Crippen LogP contribution in [0, 0.1) is 0 Å². The second-order valence-electron chi connectivity index (χ2n) is 3.52. The van der Waals surface area contributed by atoms with Crippen molar-refractivity contribution in [3.63, 3.8) is 0 Å². The first-order valence-electron chi connectivity index (χ1n) is 4.51. The minimum absolute atomic E-state index is 0.594. The molecule has 1 saturated heterocycles. The molecular weight excluding hydrogens is 222 g/mol. The molecule has 16 heavy (non-hydrogen) atoms. The van der Waals surface area contributed by atoms with Gasteiger partial charge in [0.2, 0.25) is 0 Å². The highest BCUT2D eigenvalue weighted by atomic mass is 16.7. The van der Waals surface area contributed by atoms with Crippen molar-refractivity contribution in [3.8, 4) is 0 Å². The van der Waals surface area contributed by atoms with Crippen molar-refractivity contribution >= 4 is 0 Å². The zero-order chi connectivity index (χ0) is 12.3. The van der Waals surface area contributed by atoms with Crippen molar-refractivity contribution in [2.45, 2.75) is 30.2 Å². The molecule has 0 spiro atoms. The van der Waals surface area contributed by atoms with Crippen LogP contribution in [0.4, 0.5) is 0 Å². The second-order valence-corrected chi connectivity index (χ2v) is 3.52. The summed E-state index contributed by atoms with van der Waals surface area (Å²) in [5, 5.41) is 49.7. The molecule has 1 fully saturated rings. The van der Waals surface area contributed by atoms with Gasteiger partial charge in [-0.05, 0) is 5.53 Å². The maximum Gasteiger partial charge on any atom is 0.184 e. The van der Waals surface area contributed by atoms with Gasteiger partial charge in [-0.3, -0.25) is 0 Å². The van der Waals surface area contributed by atoms with Crippen molar-refractivity contribution in [2.75, 3.05) is 13.2 Å². The smallest absolute Gasteiger partial charge is 0.184 e. The first-order chi connectivity index (χ1) is 7.47. The summed E-state index contributed by atoms with van der Waals surface area (Å²) in [4.78, 5) is 2.40. The summed E-state index contributed by atoms with van der Waals surface area (Å²) in [6, 6.07) is 0. The molecule has 0 aromatic carbocycles. The maximum atomic E-state index is 9.95. The van der Waals surface area contributed by atoms with E-state index in [2.05, 4.69) is 10.0 Å². The molecule has 1 rings (SSSR count). The average molecular weight is 235 g/mol. The fourth-order valence-electron chi connectivity index (χ4n) is 1.61. The third-order valence-corrected chi connectivity index (χ3v) is 2.48. The molecule has 0 bridgehead atoms. The molecule has 0 radical (unpaired) electrons. The second kappa shape index (κ2) is 4.93. The van der Waals surface area contributed by atoms with Crippen molar-refractivity contribution in [1.82, 2.24) is 0 Å². The van der Waals surface area contributed by atoms with Crippen LogP contribution in [0.2, 0.25) is 0 Å². The summed E-state index contributed by atoms with van der Waals surface area (Å²) in [6.45, 7) is -1.33. The van der Waals surface area contributed by atoms with E-state index in [9.17, 15) is 20.4 Å². The van der Waals surface area contributed by atoms with E-state index >= 15 is 0 Å².